The van der Waals surface area contributed by atoms with Gasteiger partial charge in [0.15, 0.2) is 0 Å². The average Bonchev–Trinajstić information content (AvgIpc) is 2.01. The van der Waals surface area contributed by atoms with E-state index in [0.717, 1.165) is 0 Å². The highest BCUT2D eigenvalue weighted by Gasteiger charge is 2.49. The predicted molar refractivity (Wildman–Crippen MR) is 42.8 cm³/mol. The van der Waals surface area contributed by atoms with Crippen LogP contribution in [0.5, 0.6) is 0 Å². The SMILES string of the molecule is CN1CCC(C(=O)O)C(C(F)(F)F)C1. The normalized spacial score (nSPS) is 30.3. The third kappa shape index (κ3) is 2.37. The summed E-state index contributed by atoms with van der Waals surface area (Å²) >= 11 is 0. The lowest BCUT2D eigenvalue weighted by Gasteiger charge is -2.35. The van der Waals surface area contributed by atoms with E-state index in [1.165, 1.54) is 4.90 Å². The van der Waals surface area contributed by atoms with Crippen molar-refractivity contribution >= 4 is 5.97 Å². The van der Waals surface area contributed by atoms with Gasteiger partial charge in [0.1, 0.15) is 0 Å². The minimum absolute atomic E-state index is 0.0655. The van der Waals surface area contributed by atoms with E-state index in [9.17, 15) is 18.0 Å². The summed E-state index contributed by atoms with van der Waals surface area (Å²) in [5, 5.41) is 8.64. The molecule has 0 aromatic rings. The van der Waals surface area contributed by atoms with E-state index in [1.807, 2.05) is 0 Å². The molecule has 0 amide bonds. The average molecular weight is 211 g/mol. The molecule has 6 heteroatoms. The minimum Gasteiger partial charge on any atom is -0.481 e. The zero-order valence-corrected chi connectivity index (χ0v) is 7.71. The quantitative estimate of drug-likeness (QED) is 0.708. The smallest absolute Gasteiger partial charge is 0.393 e. The molecule has 0 saturated carbocycles. The number of piperidine rings is 1. The van der Waals surface area contributed by atoms with Gasteiger partial charge in [-0.3, -0.25) is 4.79 Å². The summed E-state index contributed by atoms with van der Waals surface area (Å²) in [6.45, 7) is 0.185. The first-order valence-electron chi connectivity index (χ1n) is 4.30. The van der Waals surface area contributed by atoms with E-state index in [-0.39, 0.29) is 13.0 Å². The van der Waals surface area contributed by atoms with Gasteiger partial charge in [-0.15, -0.1) is 0 Å². The summed E-state index contributed by atoms with van der Waals surface area (Å²) in [6, 6.07) is 0. The molecule has 0 radical (unpaired) electrons. The van der Waals surface area contributed by atoms with Crippen LogP contribution in [0.3, 0.4) is 0 Å². The van der Waals surface area contributed by atoms with Crippen LogP contribution in [0.15, 0.2) is 0 Å². The van der Waals surface area contributed by atoms with Crippen LogP contribution in [0.25, 0.3) is 0 Å². The van der Waals surface area contributed by atoms with Crippen LogP contribution in [-0.2, 0) is 4.79 Å². The molecule has 1 fully saturated rings. The molecule has 82 valence electrons. The highest BCUT2D eigenvalue weighted by atomic mass is 19.4. The Labute approximate surface area is 79.5 Å². The van der Waals surface area contributed by atoms with Gasteiger partial charge in [-0.1, -0.05) is 0 Å². The molecule has 2 atom stereocenters. The van der Waals surface area contributed by atoms with Gasteiger partial charge in [0.2, 0.25) is 0 Å². The van der Waals surface area contributed by atoms with Crippen LogP contribution in [0.2, 0.25) is 0 Å². The summed E-state index contributed by atoms with van der Waals surface area (Å²) in [7, 11) is 1.57. The van der Waals surface area contributed by atoms with E-state index < -0.39 is 24.0 Å². The number of likely N-dealkylation sites (tertiary alicyclic amines) is 1. The lowest BCUT2D eigenvalue weighted by Crippen LogP contribution is -2.47. The number of alkyl halides is 3. The molecule has 1 aliphatic rings. The Morgan fingerprint density at radius 3 is 2.50 bits per heavy atom. The number of aliphatic carboxylic acids is 1. The van der Waals surface area contributed by atoms with Crippen LogP contribution in [0.4, 0.5) is 13.2 Å². The maximum Gasteiger partial charge on any atom is 0.393 e. The van der Waals surface area contributed by atoms with Crippen molar-refractivity contribution in [3.05, 3.63) is 0 Å². The molecule has 1 saturated heterocycles. The zero-order valence-electron chi connectivity index (χ0n) is 7.71. The minimum atomic E-state index is -4.42. The standard InChI is InChI=1S/C8H12F3NO2/c1-12-3-2-5(7(13)14)6(4-12)8(9,10)11/h5-6H,2-4H2,1H3,(H,13,14). The first kappa shape index (κ1) is 11.3. The number of carboxylic acid groups (broad SMARTS) is 1. The van der Waals surface area contributed by atoms with E-state index >= 15 is 0 Å². The fourth-order valence-corrected chi connectivity index (χ4v) is 1.74. The summed E-state index contributed by atoms with van der Waals surface area (Å²) in [4.78, 5) is 12.1. The summed E-state index contributed by atoms with van der Waals surface area (Å²) in [5.41, 5.74) is 0. The van der Waals surface area contributed by atoms with E-state index in [2.05, 4.69) is 0 Å². The molecule has 0 aromatic heterocycles. The Morgan fingerprint density at radius 2 is 2.07 bits per heavy atom. The molecule has 1 N–H and O–H groups in total. The van der Waals surface area contributed by atoms with Gasteiger partial charge in [0.25, 0.3) is 0 Å². The molecule has 0 bridgehead atoms. The second-order valence-electron chi connectivity index (χ2n) is 3.64. The molecule has 14 heavy (non-hydrogen) atoms. The van der Waals surface area contributed by atoms with Gasteiger partial charge in [-0.2, -0.15) is 13.2 Å². The Morgan fingerprint density at radius 1 is 1.50 bits per heavy atom. The molecule has 1 aliphatic heterocycles. The third-order valence-corrected chi connectivity index (χ3v) is 2.55. The Hall–Kier alpha value is -0.780. The predicted octanol–water partition coefficient (Wildman–Crippen LogP) is 1.20. The van der Waals surface area contributed by atoms with Crippen molar-refractivity contribution in [2.75, 3.05) is 20.1 Å². The topological polar surface area (TPSA) is 40.5 Å². The Kier molecular flexibility index (Phi) is 3.04. The van der Waals surface area contributed by atoms with Crippen LogP contribution < -0.4 is 0 Å². The zero-order chi connectivity index (χ0) is 10.9. The van der Waals surface area contributed by atoms with Crippen LogP contribution in [-0.4, -0.2) is 42.3 Å². The Bertz CT molecular complexity index is 229. The first-order chi connectivity index (χ1) is 6.32. The van der Waals surface area contributed by atoms with E-state index in [4.69, 9.17) is 5.11 Å². The largest absolute Gasteiger partial charge is 0.481 e. The molecular formula is C8H12F3NO2. The number of rotatable bonds is 1. The van der Waals surface area contributed by atoms with E-state index in [1.54, 1.807) is 7.05 Å². The van der Waals surface area contributed by atoms with Gasteiger partial charge in [0.05, 0.1) is 11.8 Å². The van der Waals surface area contributed by atoms with Crippen molar-refractivity contribution in [3.8, 4) is 0 Å². The van der Waals surface area contributed by atoms with Crippen molar-refractivity contribution in [1.29, 1.82) is 0 Å². The van der Waals surface area contributed by atoms with Crippen LogP contribution in [0, 0.1) is 11.8 Å². The number of nitrogens with zero attached hydrogens (tertiary/aromatic N) is 1. The van der Waals surface area contributed by atoms with Gasteiger partial charge < -0.3 is 10.0 Å². The highest BCUT2D eigenvalue weighted by Crippen LogP contribution is 2.36. The number of hydrogen-bond donors (Lipinski definition) is 1. The molecule has 0 aromatic carbocycles. The molecule has 3 nitrogen and oxygen atoms in total. The van der Waals surface area contributed by atoms with Crippen molar-refractivity contribution < 1.29 is 23.1 Å². The number of carbonyl (C=O) groups is 1. The first-order valence-corrected chi connectivity index (χ1v) is 4.30. The van der Waals surface area contributed by atoms with Gasteiger partial charge >= 0.3 is 12.1 Å². The number of hydrogen-bond acceptors (Lipinski definition) is 2. The maximum absolute atomic E-state index is 12.4. The summed E-state index contributed by atoms with van der Waals surface area (Å²) in [5.74, 6) is -4.37. The van der Waals surface area contributed by atoms with Gasteiger partial charge in [0, 0.05) is 6.54 Å². The molecule has 1 heterocycles. The van der Waals surface area contributed by atoms with Crippen molar-refractivity contribution in [1.82, 2.24) is 4.90 Å². The number of halogens is 3. The lowest BCUT2D eigenvalue weighted by atomic mass is 9.85. The van der Waals surface area contributed by atoms with Gasteiger partial charge in [-0.05, 0) is 20.0 Å². The summed E-state index contributed by atoms with van der Waals surface area (Å²) in [6.07, 6.45) is -4.35. The lowest BCUT2D eigenvalue weighted by molar-refractivity contribution is -0.206. The number of carboxylic acids is 1. The third-order valence-electron chi connectivity index (χ3n) is 2.55. The highest BCUT2D eigenvalue weighted by molar-refractivity contribution is 5.70. The maximum atomic E-state index is 12.4. The molecule has 2 unspecified atom stereocenters. The van der Waals surface area contributed by atoms with Crippen molar-refractivity contribution in [2.24, 2.45) is 11.8 Å². The van der Waals surface area contributed by atoms with Crippen LogP contribution in [0.1, 0.15) is 6.42 Å². The van der Waals surface area contributed by atoms with Gasteiger partial charge in [-0.25, -0.2) is 0 Å². The summed E-state index contributed by atoms with van der Waals surface area (Å²) < 4.78 is 37.3. The second kappa shape index (κ2) is 3.76. The fourth-order valence-electron chi connectivity index (χ4n) is 1.74. The monoisotopic (exact) mass is 211 g/mol. The second-order valence-corrected chi connectivity index (χ2v) is 3.64. The molecule has 1 rings (SSSR count). The van der Waals surface area contributed by atoms with E-state index in [0.29, 0.717) is 6.54 Å². The van der Waals surface area contributed by atoms with Crippen molar-refractivity contribution in [3.63, 3.8) is 0 Å². The molecule has 0 spiro atoms. The van der Waals surface area contributed by atoms with Crippen molar-refractivity contribution in [2.45, 2.75) is 12.6 Å². The Balaban J connectivity index is 2.79. The van der Waals surface area contributed by atoms with Crippen LogP contribution >= 0.6 is 0 Å². The molecule has 0 aliphatic carbocycles. The fraction of sp³-hybridized carbons (Fsp3) is 0.875. The molecular weight excluding hydrogens is 199 g/mol.